The Hall–Kier alpha value is -2.35. The van der Waals surface area contributed by atoms with Crippen LogP contribution in [0.3, 0.4) is 0 Å². The highest BCUT2D eigenvalue weighted by atomic mass is 79.9. The Kier molecular flexibility index (Phi) is 6.62. The number of halogens is 2. The number of carbonyl (C=O) groups excluding carboxylic acids is 1. The molecule has 0 aliphatic carbocycles. The number of hydrogen-bond donors (Lipinski definition) is 1. The number of rotatable bonds is 6. The van der Waals surface area contributed by atoms with Crippen molar-refractivity contribution in [2.45, 2.75) is 11.8 Å². The van der Waals surface area contributed by atoms with Crippen molar-refractivity contribution in [1.82, 2.24) is 0 Å². The lowest BCUT2D eigenvalue weighted by molar-refractivity contribution is -0.114. The van der Waals surface area contributed by atoms with Crippen molar-refractivity contribution in [1.29, 1.82) is 0 Å². The van der Waals surface area contributed by atoms with Gasteiger partial charge in [-0.2, -0.15) is 0 Å². The van der Waals surface area contributed by atoms with Gasteiger partial charge in [-0.3, -0.25) is 9.10 Å². The molecule has 0 aliphatic heterocycles. The van der Waals surface area contributed by atoms with E-state index in [4.69, 9.17) is 11.6 Å². The molecule has 0 fully saturated rings. The number of carbonyl (C=O) groups is 1. The fourth-order valence-electron chi connectivity index (χ4n) is 2.72. The second-order valence-corrected chi connectivity index (χ2v) is 9.47. The third kappa shape index (κ3) is 5.18. The molecule has 150 valence electrons. The number of amides is 1. The molecular formula is C21H18BrClN2O3S. The first-order chi connectivity index (χ1) is 13.8. The molecule has 0 spiro atoms. The molecule has 8 heteroatoms. The molecule has 1 N–H and O–H groups in total. The highest BCUT2D eigenvalue weighted by Crippen LogP contribution is 2.26. The fourth-order valence-corrected chi connectivity index (χ4v) is 4.58. The molecule has 0 unspecified atom stereocenters. The van der Waals surface area contributed by atoms with E-state index in [-0.39, 0.29) is 4.90 Å². The van der Waals surface area contributed by atoms with Crippen LogP contribution in [0, 0.1) is 6.92 Å². The van der Waals surface area contributed by atoms with Gasteiger partial charge in [0, 0.05) is 15.2 Å². The maximum Gasteiger partial charge on any atom is 0.264 e. The number of aryl methyl sites for hydroxylation is 1. The van der Waals surface area contributed by atoms with Crippen LogP contribution in [0.25, 0.3) is 0 Å². The summed E-state index contributed by atoms with van der Waals surface area (Å²) in [6.07, 6.45) is 0. The van der Waals surface area contributed by atoms with E-state index in [1.165, 1.54) is 18.2 Å². The van der Waals surface area contributed by atoms with E-state index < -0.39 is 22.5 Å². The Morgan fingerprint density at radius 2 is 1.76 bits per heavy atom. The average molecular weight is 494 g/mol. The first kappa shape index (κ1) is 21.4. The molecule has 0 aromatic heterocycles. The molecule has 3 aromatic carbocycles. The van der Waals surface area contributed by atoms with Gasteiger partial charge in [-0.15, -0.1) is 0 Å². The van der Waals surface area contributed by atoms with Crippen molar-refractivity contribution in [2.24, 2.45) is 0 Å². The van der Waals surface area contributed by atoms with Crippen LogP contribution in [0.2, 0.25) is 5.02 Å². The summed E-state index contributed by atoms with van der Waals surface area (Å²) in [6.45, 7) is 1.50. The van der Waals surface area contributed by atoms with Gasteiger partial charge in [0.05, 0.1) is 10.6 Å². The fraction of sp³-hybridized carbons (Fsp3) is 0.0952. The van der Waals surface area contributed by atoms with Gasteiger partial charge < -0.3 is 5.32 Å². The predicted octanol–water partition coefficient (Wildman–Crippen LogP) is 5.24. The van der Waals surface area contributed by atoms with Crippen molar-refractivity contribution >= 4 is 54.8 Å². The van der Waals surface area contributed by atoms with Crippen LogP contribution in [-0.2, 0) is 14.8 Å². The number of sulfonamides is 1. The summed E-state index contributed by atoms with van der Waals surface area (Å²) in [5.41, 5.74) is 1.84. The lowest BCUT2D eigenvalue weighted by atomic mass is 10.2. The van der Waals surface area contributed by atoms with Crippen molar-refractivity contribution in [3.8, 4) is 0 Å². The summed E-state index contributed by atoms with van der Waals surface area (Å²) in [4.78, 5) is 12.8. The summed E-state index contributed by atoms with van der Waals surface area (Å²) >= 11 is 9.47. The van der Waals surface area contributed by atoms with Crippen molar-refractivity contribution in [3.05, 3.63) is 87.9 Å². The van der Waals surface area contributed by atoms with Gasteiger partial charge in [0.1, 0.15) is 6.54 Å². The number of nitrogens with zero attached hydrogens (tertiary/aromatic N) is 1. The van der Waals surface area contributed by atoms with E-state index in [1.807, 2.05) is 13.0 Å². The van der Waals surface area contributed by atoms with Gasteiger partial charge in [0.15, 0.2) is 0 Å². The topological polar surface area (TPSA) is 66.5 Å². The van der Waals surface area contributed by atoms with Gasteiger partial charge >= 0.3 is 0 Å². The molecule has 29 heavy (non-hydrogen) atoms. The van der Waals surface area contributed by atoms with Crippen molar-refractivity contribution in [2.75, 3.05) is 16.2 Å². The zero-order valence-electron chi connectivity index (χ0n) is 15.5. The van der Waals surface area contributed by atoms with Gasteiger partial charge in [-0.25, -0.2) is 8.42 Å². The number of nitrogens with one attached hydrogen (secondary N) is 1. The molecule has 0 aliphatic rings. The zero-order chi connectivity index (χ0) is 21.0. The Bertz CT molecular complexity index is 1140. The summed E-state index contributed by atoms with van der Waals surface area (Å²) in [5, 5.41) is 3.12. The first-order valence-electron chi connectivity index (χ1n) is 8.67. The lowest BCUT2D eigenvalue weighted by Gasteiger charge is -2.24. The Morgan fingerprint density at radius 3 is 2.41 bits per heavy atom. The van der Waals surface area contributed by atoms with Crippen LogP contribution in [0.1, 0.15) is 5.56 Å². The lowest BCUT2D eigenvalue weighted by Crippen LogP contribution is -2.38. The Balaban J connectivity index is 1.93. The van der Waals surface area contributed by atoms with E-state index in [0.717, 1.165) is 14.3 Å². The second kappa shape index (κ2) is 8.98. The maximum atomic E-state index is 13.2. The number of benzene rings is 3. The van der Waals surface area contributed by atoms with Crippen molar-refractivity contribution < 1.29 is 13.2 Å². The summed E-state index contributed by atoms with van der Waals surface area (Å²) < 4.78 is 28.4. The van der Waals surface area contributed by atoms with Crippen LogP contribution in [-0.4, -0.2) is 20.9 Å². The van der Waals surface area contributed by atoms with E-state index in [9.17, 15) is 13.2 Å². The molecule has 0 heterocycles. The van der Waals surface area contributed by atoms with Gasteiger partial charge in [0.25, 0.3) is 10.0 Å². The molecule has 0 atom stereocenters. The smallest absolute Gasteiger partial charge is 0.264 e. The normalized spacial score (nSPS) is 11.1. The maximum absolute atomic E-state index is 13.2. The third-order valence-electron chi connectivity index (χ3n) is 4.16. The van der Waals surface area contributed by atoms with Crippen LogP contribution in [0.15, 0.2) is 82.2 Å². The Labute approximate surface area is 183 Å². The predicted molar refractivity (Wildman–Crippen MR) is 120 cm³/mol. The quantitative estimate of drug-likeness (QED) is 0.510. The molecule has 1 amide bonds. The largest absolute Gasteiger partial charge is 0.325 e. The Morgan fingerprint density at radius 1 is 1.03 bits per heavy atom. The minimum absolute atomic E-state index is 0.0901. The standard InChI is InChI=1S/C21H18BrClN2O3S/c1-15-12-17(10-11-20(15)22)24-21(26)14-25(18-7-5-6-16(23)13-18)29(27,28)19-8-3-2-4-9-19/h2-13H,14H2,1H3,(H,24,26). The van der Waals surface area contributed by atoms with Crippen LogP contribution in [0.4, 0.5) is 11.4 Å². The number of hydrogen-bond acceptors (Lipinski definition) is 3. The van der Waals surface area contributed by atoms with E-state index in [2.05, 4.69) is 21.2 Å². The van der Waals surface area contributed by atoms with Crippen LogP contribution >= 0.6 is 27.5 Å². The molecule has 0 saturated carbocycles. The highest BCUT2D eigenvalue weighted by molar-refractivity contribution is 9.10. The minimum Gasteiger partial charge on any atom is -0.325 e. The summed E-state index contributed by atoms with van der Waals surface area (Å²) in [6, 6.07) is 19.7. The van der Waals surface area contributed by atoms with Crippen molar-refractivity contribution in [3.63, 3.8) is 0 Å². The third-order valence-corrected chi connectivity index (χ3v) is 7.07. The number of anilines is 2. The highest BCUT2D eigenvalue weighted by Gasteiger charge is 2.27. The van der Waals surface area contributed by atoms with E-state index >= 15 is 0 Å². The average Bonchev–Trinajstić information content (AvgIpc) is 2.69. The summed E-state index contributed by atoms with van der Waals surface area (Å²) in [7, 11) is -3.97. The first-order valence-corrected chi connectivity index (χ1v) is 11.3. The SMILES string of the molecule is Cc1cc(NC(=O)CN(c2cccc(Cl)c2)S(=O)(=O)c2ccccc2)ccc1Br. The zero-order valence-corrected chi connectivity index (χ0v) is 18.6. The van der Waals surface area contributed by atoms with E-state index in [0.29, 0.717) is 16.4 Å². The second-order valence-electron chi connectivity index (χ2n) is 6.32. The minimum atomic E-state index is -3.97. The van der Waals surface area contributed by atoms with Crippen LogP contribution < -0.4 is 9.62 Å². The molecular weight excluding hydrogens is 476 g/mol. The molecule has 0 bridgehead atoms. The monoisotopic (exact) mass is 492 g/mol. The molecule has 5 nitrogen and oxygen atoms in total. The van der Waals surface area contributed by atoms with Gasteiger partial charge in [-0.1, -0.05) is 51.8 Å². The van der Waals surface area contributed by atoms with E-state index in [1.54, 1.807) is 48.5 Å². The molecule has 0 radical (unpaired) electrons. The molecule has 3 rings (SSSR count). The summed E-state index contributed by atoms with van der Waals surface area (Å²) in [5.74, 6) is -0.466. The molecule has 3 aromatic rings. The van der Waals surface area contributed by atoms with Gasteiger partial charge in [0.2, 0.25) is 5.91 Å². The van der Waals surface area contributed by atoms with Crippen LogP contribution in [0.5, 0.6) is 0 Å². The molecule has 0 saturated heterocycles. The van der Waals surface area contributed by atoms with Gasteiger partial charge in [-0.05, 0) is 61.0 Å².